The summed E-state index contributed by atoms with van der Waals surface area (Å²) in [5.41, 5.74) is 5.86. The van der Waals surface area contributed by atoms with Crippen molar-refractivity contribution in [1.29, 1.82) is 0 Å². The number of hydrogen-bond donors (Lipinski definition) is 2. The number of carbonyl (C=O) groups is 1. The Morgan fingerprint density at radius 1 is 0.743 bits per heavy atom. The lowest BCUT2D eigenvalue weighted by Crippen LogP contribution is -2.12. The summed E-state index contributed by atoms with van der Waals surface area (Å²) in [5.74, 6) is 1.15. The number of anilines is 3. The van der Waals surface area contributed by atoms with Crippen LogP contribution in [0.2, 0.25) is 0 Å². The van der Waals surface area contributed by atoms with E-state index in [4.69, 9.17) is 0 Å². The summed E-state index contributed by atoms with van der Waals surface area (Å²) in [6.07, 6.45) is 0. The molecule has 0 spiro atoms. The van der Waals surface area contributed by atoms with Gasteiger partial charge >= 0.3 is 0 Å². The zero-order valence-corrected chi connectivity index (χ0v) is 20.1. The van der Waals surface area contributed by atoms with Crippen molar-refractivity contribution in [3.63, 3.8) is 0 Å². The minimum absolute atomic E-state index is 0.185. The Kier molecular flexibility index (Phi) is 6.32. The van der Waals surface area contributed by atoms with Crippen molar-refractivity contribution in [3.05, 3.63) is 107 Å². The number of aryl methyl sites for hydroxylation is 2. The van der Waals surface area contributed by atoms with Gasteiger partial charge in [0.2, 0.25) is 0 Å². The number of hydrogen-bond acceptors (Lipinski definition) is 6. The molecule has 0 aliphatic carbocycles. The van der Waals surface area contributed by atoms with E-state index in [2.05, 4.69) is 25.6 Å². The number of benzene rings is 3. The summed E-state index contributed by atoms with van der Waals surface area (Å²) in [5, 5.41) is 9.33. The first-order chi connectivity index (χ1) is 17.0. The van der Waals surface area contributed by atoms with Gasteiger partial charge in [-0.3, -0.25) is 4.79 Å². The number of nitrogens with zero attached hydrogens (tertiary/aromatic N) is 3. The monoisotopic (exact) mass is 477 g/mol. The molecule has 0 unspecified atom stereocenters. The molecule has 6 nitrogen and oxygen atoms in total. The molecule has 0 aliphatic heterocycles. The van der Waals surface area contributed by atoms with Crippen LogP contribution in [-0.2, 0) is 0 Å². The maximum atomic E-state index is 12.9. The Bertz CT molecular complexity index is 1480. The van der Waals surface area contributed by atoms with E-state index in [-0.39, 0.29) is 5.91 Å². The Labute approximate surface area is 207 Å². The van der Waals surface area contributed by atoms with Gasteiger partial charge in [-0.15, -0.1) is 11.3 Å². The third-order valence-corrected chi connectivity index (χ3v) is 6.14. The first-order valence-corrected chi connectivity index (χ1v) is 12.0. The highest BCUT2D eigenvalue weighted by molar-refractivity contribution is 7.09. The Balaban J connectivity index is 1.30. The number of thiazole rings is 1. The van der Waals surface area contributed by atoms with Crippen molar-refractivity contribution in [3.8, 4) is 22.5 Å². The fourth-order valence-corrected chi connectivity index (χ4v) is 4.32. The van der Waals surface area contributed by atoms with Gasteiger partial charge < -0.3 is 10.6 Å². The number of carbonyl (C=O) groups excluding carboxylic acids is 1. The van der Waals surface area contributed by atoms with Gasteiger partial charge in [-0.1, -0.05) is 48.5 Å². The molecule has 2 heterocycles. The van der Waals surface area contributed by atoms with Crippen LogP contribution in [0.3, 0.4) is 0 Å². The molecule has 7 heteroatoms. The Morgan fingerprint density at radius 2 is 1.51 bits per heavy atom. The molecule has 5 aromatic rings. The summed E-state index contributed by atoms with van der Waals surface area (Å²) in [4.78, 5) is 26.5. The van der Waals surface area contributed by atoms with E-state index in [0.29, 0.717) is 17.2 Å². The van der Waals surface area contributed by atoms with Crippen LogP contribution in [0.5, 0.6) is 0 Å². The highest BCUT2D eigenvalue weighted by atomic mass is 32.1. The van der Waals surface area contributed by atoms with Crippen LogP contribution in [0.4, 0.5) is 17.2 Å². The molecule has 0 saturated heterocycles. The topological polar surface area (TPSA) is 79.8 Å². The molecular formula is C28H23N5OS. The van der Waals surface area contributed by atoms with Gasteiger partial charge in [-0.25, -0.2) is 15.0 Å². The van der Waals surface area contributed by atoms with E-state index >= 15 is 0 Å². The highest BCUT2D eigenvalue weighted by Gasteiger charge is 2.10. The van der Waals surface area contributed by atoms with Gasteiger partial charge in [0.25, 0.3) is 5.91 Å². The van der Waals surface area contributed by atoms with Crippen molar-refractivity contribution in [1.82, 2.24) is 15.0 Å². The molecular weight excluding hydrogens is 454 g/mol. The van der Waals surface area contributed by atoms with Crippen molar-refractivity contribution in [2.45, 2.75) is 13.8 Å². The Morgan fingerprint density at radius 3 is 2.26 bits per heavy atom. The maximum Gasteiger partial charge on any atom is 0.255 e. The quantitative estimate of drug-likeness (QED) is 0.279. The van der Waals surface area contributed by atoms with Crippen LogP contribution in [0, 0.1) is 13.8 Å². The lowest BCUT2D eigenvalue weighted by Gasteiger charge is -2.11. The molecule has 0 bridgehead atoms. The largest absolute Gasteiger partial charge is 0.340 e. The van der Waals surface area contributed by atoms with Crippen LogP contribution in [-0.4, -0.2) is 20.9 Å². The second-order valence-corrected chi connectivity index (χ2v) is 9.10. The number of nitrogens with one attached hydrogen (secondary N) is 2. The third-order valence-electron chi connectivity index (χ3n) is 5.36. The van der Waals surface area contributed by atoms with Crippen molar-refractivity contribution < 1.29 is 4.79 Å². The molecule has 3 aromatic carbocycles. The van der Waals surface area contributed by atoms with Crippen LogP contribution in [0.25, 0.3) is 22.5 Å². The smallest absolute Gasteiger partial charge is 0.255 e. The summed E-state index contributed by atoms with van der Waals surface area (Å²) in [6.45, 7) is 3.85. The van der Waals surface area contributed by atoms with E-state index < -0.39 is 0 Å². The third kappa shape index (κ3) is 5.42. The van der Waals surface area contributed by atoms with Crippen LogP contribution in [0.15, 0.2) is 90.3 Å². The predicted octanol–water partition coefficient (Wildman–Crippen LogP) is 6.88. The van der Waals surface area contributed by atoms with Crippen LogP contribution >= 0.6 is 11.3 Å². The minimum Gasteiger partial charge on any atom is -0.340 e. The van der Waals surface area contributed by atoms with E-state index in [1.165, 1.54) is 0 Å². The zero-order chi connectivity index (χ0) is 24.2. The molecule has 0 saturated carbocycles. The van der Waals surface area contributed by atoms with E-state index in [9.17, 15) is 4.79 Å². The maximum absolute atomic E-state index is 12.9. The lowest BCUT2D eigenvalue weighted by molar-refractivity contribution is 0.102. The fourth-order valence-electron chi connectivity index (χ4n) is 3.70. The molecule has 2 N–H and O–H groups in total. The zero-order valence-electron chi connectivity index (χ0n) is 19.3. The summed E-state index contributed by atoms with van der Waals surface area (Å²) in [7, 11) is 0. The molecule has 172 valence electrons. The van der Waals surface area contributed by atoms with Crippen molar-refractivity contribution >= 4 is 34.4 Å². The average molecular weight is 478 g/mol. The first kappa shape index (κ1) is 22.4. The average Bonchev–Trinajstić information content (AvgIpc) is 3.31. The van der Waals surface area contributed by atoms with Crippen molar-refractivity contribution in [2.75, 3.05) is 10.6 Å². The van der Waals surface area contributed by atoms with Crippen LogP contribution < -0.4 is 10.6 Å². The van der Waals surface area contributed by atoms with E-state index in [0.717, 1.165) is 38.9 Å². The van der Waals surface area contributed by atoms with Gasteiger partial charge in [0, 0.05) is 39.5 Å². The summed E-state index contributed by atoms with van der Waals surface area (Å²) in [6, 6.07) is 26.9. The molecule has 5 rings (SSSR count). The predicted molar refractivity (Wildman–Crippen MR) is 142 cm³/mol. The lowest BCUT2D eigenvalue weighted by atomic mass is 10.1. The standard InChI is InChI=1S/C28H23N5OS/c1-18-29-25(20-7-4-3-5-8-20)16-27(30-18)32-24-10-6-9-22(15-24)28(34)33-23-13-11-21(12-14-23)26-17-35-19(2)31-26/h3-17H,1-2H3,(H,33,34)(H,29,30,32). The van der Waals surface area contributed by atoms with Gasteiger partial charge in [0.1, 0.15) is 11.6 Å². The normalized spacial score (nSPS) is 10.7. The first-order valence-electron chi connectivity index (χ1n) is 11.2. The molecule has 1 amide bonds. The summed E-state index contributed by atoms with van der Waals surface area (Å²) >= 11 is 1.62. The van der Waals surface area contributed by atoms with Gasteiger partial charge in [-0.05, 0) is 44.2 Å². The molecule has 35 heavy (non-hydrogen) atoms. The second-order valence-electron chi connectivity index (χ2n) is 8.04. The Hall–Kier alpha value is -4.36. The fraction of sp³-hybridized carbons (Fsp3) is 0.0714. The number of rotatable bonds is 6. The van der Waals surface area contributed by atoms with Gasteiger partial charge in [0.05, 0.1) is 16.4 Å². The van der Waals surface area contributed by atoms with Gasteiger partial charge in [-0.2, -0.15) is 0 Å². The van der Waals surface area contributed by atoms with Crippen LogP contribution in [0.1, 0.15) is 21.2 Å². The van der Waals surface area contributed by atoms with Gasteiger partial charge in [0.15, 0.2) is 0 Å². The van der Waals surface area contributed by atoms with Crippen molar-refractivity contribution in [2.24, 2.45) is 0 Å². The molecule has 0 fully saturated rings. The molecule has 0 atom stereocenters. The molecule has 2 aromatic heterocycles. The second kappa shape index (κ2) is 9.87. The van der Waals surface area contributed by atoms with E-state index in [1.54, 1.807) is 23.5 Å². The molecule has 0 aliphatic rings. The molecule has 0 radical (unpaired) electrons. The SMILES string of the molecule is Cc1nc(Nc2cccc(C(=O)Nc3ccc(-c4csc(C)n4)cc3)c2)cc(-c2ccccc2)n1. The number of amides is 1. The highest BCUT2D eigenvalue weighted by Crippen LogP contribution is 2.25. The van der Waals surface area contributed by atoms with E-state index in [1.807, 2.05) is 92.0 Å². The summed E-state index contributed by atoms with van der Waals surface area (Å²) < 4.78 is 0. The minimum atomic E-state index is -0.185. The number of aromatic nitrogens is 3.